The zero-order valence-electron chi connectivity index (χ0n) is 23.1. The van der Waals surface area contributed by atoms with E-state index in [9.17, 15) is 14.0 Å². The number of hydrogen-bond acceptors (Lipinski definition) is 5. The number of nitrogens with zero attached hydrogens (tertiary/aromatic N) is 1. The van der Waals surface area contributed by atoms with Gasteiger partial charge < -0.3 is 19.7 Å². The highest BCUT2D eigenvalue weighted by Gasteiger charge is 2.31. The highest BCUT2D eigenvalue weighted by atomic mass is 19.1. The number of rotatable bonds is 18. The summed E-state index contributed by atoms with van der Waals surface area (Å²) >= 11 is 0. The smallest absolute Gasteiger partial charge is 0.317 e. The summed E-state index contributed by atoms with van der Waals surface area (Å²) in [5, 5.41) is 2.56. The van der Waals surface area contributed by atoms with Crippen molar-refractivity contribution >= 4 is 12.3 Å². The number of ether oxygens (including phenoxy) is 1. The first-order chi connectivity index (χ1) is 17.5. The molecule has 7 nitrogen and oxygen atoms in total. The molecule has 2 rings (SSSR count). The van der Waals surface area contributed by atoms with Crippen LogP contribution in [0.5, 0.6) is 5.75 Å². The standard InChI is InChI=1S/C26H43FN4O3.C2H6/c1-4-13-26(14-5-2,22-11-12-23(27)24(19-22)34-20-21-9-10-21)30-29-15-7-6-8-16-31(17-18-32)25(33)28-3;1-2/h11-12,18-19,21,29-30H,4-10,13-17,20H2,1-3H3,(H,28,33);1-2H3. The highest BCUT2D eigenvalue weighted by molar-refractivity contribution is 5.76. The van der Waals surface area contributed by atoms with Crippen LogP contribution in [-0.2, 0) is 10.3 Å². The molecular formula is C28H49FN4O3. The largest absolute Gasteiger partial charge is 0.490 e. The molecule has 0 saturated heterocycles. The molecule has 36 heavy (non-hydrogen) atoms. The number of aldehydes is 1. The molecule has 0 aliphatic heterocycles. The van der Waals surface area contributed by atoms with Gasteiger partial charge in [0.05, 0.1) is 18.7 Å². The molecule has 0 atom stereocenters. The molecule has 1 saturated carbocycles. The van der Waals surface area contributed by atoms with Crippen LogP contribution in [-0.4, -0.2) is 50.5 Å². The Morgan fingerprint density at radius 1 is 1.17 bits per heavy atom. The van der Waals surface area contributed by atoms with Crippen molar-refractivity contribution in [3.63, 3.8) is 0 Å². The lowest BCUT2D eigenvalue weighted by Gasteiger charge is -2.36. The number of hydrazine groups is 1. The summed E-state index contributed by atoms with van der Waals surface area (Å²) in [7, 11) is 1.57. The van der Waals surface area contributed by atoms with E-state index in [-0.39, 0.29) is 23.9 Å². The molecule has 0 heterocycles. The summed E-state index contributed by atoms with van der Waals surface area (Å²) in [6.45, 7) is 10.4. The highest BCUT2D eigenvalue weighted by Crippen LogP contribution is 2.35. The van der Waals surface area contributed by atoms with Crippen molar-refractivity contribution in [2.24, 2.45) is 5.92 Å². The third kappa shape index (κ3) is 10.8. The molecule has 1 aromatic carbocycles. The Morgan fingerprint density at radius 2 is 1.86 bits per heavy atom. The molecule has 0 bridgehead atoms. The van der Waals surface area contributed by atoms with Gasteiger partial charge in [-0.2, -0.15) is 0 Å². The van der Waals surface area contributed by atoms with Crippen molar-refractivity contribution in [1.82, 2.24) is 21.1 Å². The van der Waals surface area contributed by atoms with E-state index in [1.165, 1.54) is 23.8 Å². The van der Waals surface area contributed by atoms with Crippen LogP contribution in [0.3, 0.4) is 0 Å². The van der Waals surface area contributed by atoms with E-state index in [1.807, 2.05) is 26.0 Å². The van der Waals surface area contributed by atoms with Crippen molar-refractivity contribution in [3.05, 3.63) is 29.6 Å². The summed E-state index contributed by atoms with van der Waals surface area (Å²) in [6.07, 6.45) is 9.63. The Kier molecular flexibility index (Phi) is 16.0. The van der Waals surface area contributed by atoms with E-state index in [4.69, 9.17) is 4.74 Å². The van der Waals surface area contributed by atoms with Crippen LogP contribution in [0.1, 0.15) is 91.0 Å². The summed E-state index contributed by atoms with van der Waals surface area (Å²) in [4.78, 5) is 24.0. The fourth-order valence-corrected chi connectivity index (χ4v) is 4.32. The number of urea groups is 1. The quantitative estimate of drug-likeness (QED) is 0.138. The number of carbonyl (C=O) groups is 2. The molecule has 2 amide bonds. The van der Waals surface area contributed by atoms with E-state index in [1.54, 1.807) is 7.05 Å². The Labute approximate surface area is 217 Å². The van der Waals surface area contributed by atoms with Crippen LogP contribution in [0.4, 0.5) is 9.18 Å². The predicted octanol–water partition coefficient (Wildman–Crippen LogP) is 5.54. The van der Waals surface area contributed by atoms with Gasteiger partial charge in [0, 0.05) is 20.1 Å². The lowest BCUT2D eigenvalue weighted by Crippen LogP contribution is -2.50. The van der Waals surface area contributed by atoms with Gasteiger partial charge in [0.15, 0.2) is 11.6 Å². The maximum absolute atomic E-state index is 14.4. The Hall–Kier alpha value is -2.19. The molecule has 0 unspecified atom stereocenters. The van der Waals surface area contributed by atoms with Crippen molar-refractivity contribution in [2.75, 3.05) is 33.3 Å². The van der Waals surface area contributed by atoms with Crippen LogP contribution >= 0.6 is 0 Å². The van der Waals surface area contributed by atoms with Gasteiger partial charge in [-0.15, -0.1) is 0 Å². The maximum atomic E-state index is 14.4. The number of nitrogens with one attached hydrogen (secondary N) is 3. The van der Waals surface area contributed by atoms with Gasteiger partial charge in [-0.25, -0.2) is 14.6 Å². The summed E-state index contributed by atoms with van der Waals surface area (Å²) < 4.78 is 20.2. The van der Waals surface area contributed by atoms with Crippen molar-refractivity contribution < 1.29 is 18.7 Å². The topological polar surface area (TPSA) is 82.7 Å². The second kappa shape index (κ2) is 18.1. The Balaban J connectivity index is 0.00000316. The zero-order valence-corrected chi connectivity index (χ0v) is 23.1. The molecular weight excluding hydrogens is 459 g/mol. The average molecular weight is 509 g/mol. The summed E-state index contributed by atoms with van der Waals surface area (Å²) in [5.41, 5.74) is 7.73. The van der Waals surface area contributed by atoms with Gasteiger partial charge in [0.1, 0.15) is 6.29 Å². The lowest BCUT2D eigenvalue weighted by atomic mass is 9.82. The van der Waals surface area contributed by atoms with Crippen molar-refractivity contribution in [1.29, 1.82) is 0 Å². The number of benzene rings is 1. The first-order valence-electron chi connectivity index (χ1n) is 13.8. The van der Waals surface area contributed by atoms with Crippen LogP contribution in [0, 0.1) is 11.7 Å². The molecule has 1 fully saturated rings. The minimum atomic E-state index is -0.306. The van der Waals surface area contributed by atoms with E-state index < -0.39 is 0 Å². The number of hydrogen-bond donors (Lipinski definition) is 3. The Morgan fingerprint density at radius 3 is 2.44 bits per heavy atom. The summed E-state index contributed by atoms with van der Waals surface area (Å²) in [5.74, 6) is 0.610. The average Bonchev–Trinajstić information content (AvgIpc) is 3.72. The first-order valence-corrected chi connectivity index (χ1v) is 13.8. The van der Waals surface area contributed by atoms with Gasteiger partial charge in [-0.1, -0.05) is 53.0 Å². The van der Waals surface area contributed by atoms with Gasteiger partial charge in [0.25, 0.3) is 0 Å². The fourth-order valence-electron chi connectivity index (χ4n) is 4.32. The van der Waals surface area contributed by atoms with Crippen LogP contribution in [0.15, 0.2) is 18.2 Å². The molecule has 0 aromatic heterocycles. The van der Waals surface area contributed by atoms with Crippen LogP contribution in [0.25, 0.3) is 0 Å². The first kappa shape index (κ1) is 31.8. The second-order valence-electron chi connectivity index (χ2n) is 9.26. The van der Waals surface area contributed by atoms with Crippen LogP contribution < -0.4 is 20.9 Å². The maximum Gasteiger partial charge on any atom is 0.317 e. The fraction of sp³-hybridized carbons (Fsp3) is 0.714. The van der Waals surface area contributed by atoms with E-state index in [0.29, 0.717) is 24.8 Å². The number of unbranched alkanes of at least 4 members (excludes halogenated alkanes) is 2. The number of carbonyl (C=O) groups excluding carboxylic acids is 2. The third-order valence-corrected chi connectivity index (χ3v) is 6.36. The SMILES string of the molecule is CC.CCCC(CCC)(NNCCCCCN(CC=O)C(=O)NC)c1ccc(F)c(OCC2CC2)c1. The molecule has 0 spiro atoms. The molecule has 3 N–H and O–H groups in total. The predicted molar refractivity (Wildman–Crippen MR) is 145 cm³/mol. The van der Waals surface area contributed by atoms with Crippen molar-refractivity contribution in [3.8, 4) is 5.75 Å². The van der Waals surface area contributed by atoms with Gasteiger partial charge in [-0.05, 0) is 62.1 Å². The Bertz CT molecular complexity index is 752. The van der Waals surface area contributed by atoms with Crippen LogP contribution in [0.2, 0.25) is 0 Å². The minimum Gasteiger partial charge on any atom is -0.490 e. The monoisotopic (exact) mass is 508 g/mol. The lowest BCUT2D eigenvalue weighted by molar-refractivity contribution is -0.108. The molecule has 8 heteroatoms. The van der Waals surface area contributed by atoms with E-state index >= 15 is 0 Å². The third-order valence-electron chi connectivity index (χ3n) is 6.36. The molecule has 0 radical (unpaired) electrons. The summed E-state index contributed by atoms with van der Waals surface area (Å²) in [6, 6.07) is 5.05. The van der Waals surface area contributed by atoms with Gasteiger partial charge in [0.2, 0.25) is 0 Å². The van der Waals surface area contributed by atoms with E-state index in [0.717, 1.165) is 63.3 Å². The second-order valence-corrected chi connectivity index (χ2v) is 9.26. The van der Waals surface area contributed by atoms with Gasteiger partial charge >= 0.3 is 6.03 Å². The van der Waals surface area contributed by atoms with Crippen molar-refractivity contribution in [2.45, 2.75) is 91.0 Å². The number of amides is 2. The molecule has 1 aliphatic rings. The van der Waals surface area contributed by atoms with Gasteiger partial charge in [-0.3, -0.25) is 5.43 Å². The molecule has 1 aliphatic carbocycles. The van der Waals surface area contributed by atoms with E-state index in [2.05, 4.69) is 30.0 Å². The normalized spacial score (nSPS) is 12.9. The zero-order chi connectivity index (χ0) is 26.8. The molecule has 206 valence electrons. The number of halogens is 1. The minimum absolute atomic E-state index is 0.111. The molecule has 1 aromatic rings.